The van der Waals surface area contributed by atoms with E-state index in [9.17, 15) is 18.7 Å². The molecular weight excluding hydrogens is 314 g/mol. The Bertz CT molecular complexity index is 682. The lowest BCUT2D eigenvalue weighted by Gasteiger charge is -2.14. The summed E-state index contributed by atoms with van der Waals surface area (Å²) in [7, 11) is 0. The third-order valence-corrected chi connectivity index (χ3v) is 3.23. The standard InChI is InChI=1S/C15H13ClF2N2O2/c16-11-3-1-2-4-13(11)20-15(22)19-8-14(21)10-6-5-9(17)7-12(10)18/h1-7,14,21H,8H2,(H2,19,20,22)/t14-/m1/s1. The number of hydrogen-bond acceptors (Lipinski definition) is 2. The monoisotopic (exact) mass is 326 g/mol. The van der Waals surface area contributed by atoms with Crippen molar-refractivity contribution in [3.63, 3.8) is 0 Å². The number of para-hydroxylation sites is 1. The summed E-state index contributed by atoms with van der Waals surface area (Å²) < 4.78 is 26.3. The van der Waals surface area contributed by atoms with E-state index in [1.165, 1.54) is 0 Å². The Kier molecular flexibility index (Phi) is 5.30. The molecule has 0 unspecified atom stereocenters. The summed E-state index contributed by atoms with van der Waals surface area (Å²) in [5.74, 6) is -1.61. The van der Waals surface area contributed by atoms with E-state index in [0.717, 1.165) is 12.1 Å². The van der Waals surface area contributed by atoms with Crippen molar-refractivity contribution in [1.29, 1.82) is 0 Å². The topological polar surface area (TPSA) is 61.4 Å². The van der Waals surface area contributed by atoms with Gasteiger partial charge in [0.05, 0.1) is 16.8 Å². The molecule has 3 N–H and O–H groups in total. The van der Waals surface area contributed by atoms with Crippen molar-refractivity contribution in [1.82, 2.24) is 5.32 Å². The third kappa shape index (κ3) is 4.16. The van der Waals surface area contributed by atoms with E-state index in [1.807, 2.05) is 0 Å². The number of rotatable bonds is 4. The molecule has 0 aliphatic carbocycles. The SMILES string of the molecule is O=C(NC[C@@H](O)c1ccc(F)cc1F)Nc1ccccc1Cl. The molecule has 7 heteroatoms. The molecule has 0 saturated carbocycles. The number of carbonyl (C=O) groups is 1. The van der Waals surface area contributed by atoms with Gasteiger partial charge in [-0.05, 0) is 18.2 Å². The molecule has 4 nitrogen and oxygen atoms in total. The Hall–Kier alpha value is -2.18. The van der Waals surface area contributed by atoms with Gasteiger partial charge in [-0.25, -0.2) is 13.6 Å². The van der Waals surface area contributed by atoms with Gasteiger partial charge in [0.1, 0.15) is 11.6 Å². The molecule has 0 spiro atoms. The summed E-state index contributed by atoms with van der Waals surface area (Å²) in [6.07, 6.45) is -1.29. The Morgan fingerprint density at radius 3 is 2.64 bits per heavy atom. The molecule has 2 amide bonds. The van der Waals surface area contributed by atoms with Crippen LogP contribution in [0.5, 0.6) is 0 Å². The molecule has 0 saturated heterocycles. The van der Waals surface area contributed by atoms with Crippen LogP contribution in [0.25, 0.3) is 0 Å². The average molecular weight is 327 g/mol. The summed E-state index contributed by atoms with van der Waals surface area (Å²) in [5.41, 5.74) is 0.309. The fourth-order valence-corrected chi connectivity index (χ4v) is 1.98. The van der Waals surface area contributed by atoms with E-state index in [2.05, 4.69) is 10.6 Å². The van der Waals surface area contributed by atoms with E-state index in [1.54, 1.807) is 24.3 Å². The first-order valence-corrected chi connectivity index (χ1v) is 6.77. The van der Waals surface area contributed by atoms with Crippen LogP contribution in [0.15, 0.2) is 42.5 Å². The van der Waals surface area contributed by atoms with Gasteiger partial charge >= 0.3 is 6.03 Å². The molecular formula is C15H13ClF2N2O2. The zero-order valence-electron chi connectivity index (χ0n) is 11.3. The minimum atomic E-state index is -1.29. The molecule has 22 heavy (non-hydrogen) atoms. The second kappa shape index (κ2) is 7.20. The van der Waals surface area contributed by atoms with Gasteiger partial charge in [0.15, 0.2) is 0 Å². The molecule has 0 bridgehead atoms. The molecule has 0 aromatic heterocycles. The smallest absolute Gasteiger partial charge is 0.319 e. The summed E-state index contributed by atoms with van der Waals surface area (Å²) in [4.78, 5) is 11.7. The van der Waals surface area contributed by atoms with Crippen molar-refractivity contribution in [2.24, 2.45) is 0 Å². The van der Waals surface area contributed by atoms with E-state index >= 15 is 0 Å². The number of hydrogen-bond donors (Lipinski definition) is 3. The highest BCUT2D eigenvalue weighted by Gasteiger charge is 2.15. The molecule has 1 atom stereocenters. The van der Waals surface area contributed by atoms with Crippen LogP contribution in [0.2, 0.25) is 5.02 Å². The van der Waals surface area contributed by atoms with Gasteiger partial charge < -0.3 is 15.7 Å². The van der Waals surface area contributed by atoms with Crippen LogP contribution in [-0.4, -0.2) is 17.7 Å². The number of nitrogens with one attached hydrogen (secondary N) is 2. The molecule has 0 aliphatic heterocycles. The van der Waals surface area contributed by atoms with Gasteiger partial charge in [0, 0.05) is 18.2 Å². The number of aliphatic hydroxyl groups is 1. The van der Waals surface area contributed by atoms with E-state index in [4.69, 9.17) is 11.6 Å². The van der Waals surface area contributed by atoms with E-state index in [0.29, 0.717) is 16.8 Å². The number of anilines is 1. The Balaban J connectivity index is 1.92. The summed E-state index contributed by atoms with van der Waals surface area (Å²) in [5, 5.41) is 15.1. The second-order valence-electron chi connectivity index (χ2n) is 4.50. The molecule has 2 aromatic carbocycles. The Morgan fingerprint density at radius 1 is 1.23 bits per heavy atom. The molecule has 0 heterocycles. The second-order valence-corrected chi connectivity index (χ2v) is 4.90. The average Bonchev–Trinajstić information content (AvgIpc) is 2.47. The molecule has 2 aromatic rings. The fourth-order valence-electron chi connectivity index (χ4n) is 1.80. The molecule has 0 radical (unpaired) electrons. The number of aliphatic hydroxyl groups excluding tert-OH is 1. The first kappa shape index (κ1) is 16.2. The van der Waals surface area contributed by atoms with E-state index < -0.39 is 23.8 Å². The Labute approximate surface area is 130 Å². The predicted molar refractivity (Wildman–Crippen MR) is 79.8 cm³/mol. The Morgan fingerprint density at radius 2 is 1.95 bits per heavy atom. The summed E-state index contributed by atoms with van der Waals surface area (Å²) >= 11 is 5.89. The van der Waals surface area contributed by atoms with Crippen LogP contribution in [0.4, 0.5) is 19.3 Å². The fraction of sp³-hybridized carbons (Fsp3) is 0.133. The maximum absolute atomic E-state index is 13.5. The van der Waals surface area contributed by atoms with Gasteiger partial charge in [-0.2, -0.15) is 0 Å². The largest absolute Gasteiger partial charge is 0.386 e. The van der Waals surface area contributed by atoms with Crippen molar-refractivity contribution in [2.75, 3.05) is 11.9 Å². The number of urea groups is 1. The number of carbonyl (C=O) groups excluding carboxylic acids is 1. The van der Waals surface area contributed by atoms with Crippen molar-refractivity contribution >= 4 is 23.3 Å². The van der Waals surface area contributed by atoms with Gasteiger partial charge in [-0.1, -0.05) is 29.8 Å². The number of amides is 2. The van der Waals surface area contributed by atoms with Gasteiger partial charge in [-0.15, -0.1) is 0 Å². The van der Waals surface area contributed by atoms with Crippen LogP contribution in [-0.2, 0) is 0 Å². The van der Waals surface area contributed by atoms with Crippen molar-refractivity contribution < 1.29 is 18.7 Å². The lowest BCUT2D eigenvalue weighted by molar-refractivity contribution is 0.170. The van der Waals surface area contributed by atoms with Gasteiger partial charge in [0.25, 0.3) is 0 Å². The third-order valence-electron chi connectivity index (χ3n) is 2.90. The zero-order valence-corrected chi connectivity index (χ0v) is 12.1. The molecule has 2 rings (SSSR count). The maximum Gasteiger partial charge on any atom is 0.319 e. The summed E-state index contributed by atoms with van der Waals surface area (Å²) in [6, 6.07) is 8.86. The molecule has 0 aliphatic rings. The minimum Gasteiger partial charge on any atom is -0.386 e. The lowest BCUT2D eigenvalue weighted by atomic mass is 10.1. The van der Waals surface area contributed by atoms with Crippen LogP contribution in [0.3, 0.4) is 0 Å². The molecule has 0 fully saturated rings. The first-order chi connectivity index (χ1) is 10.5. The zero-order chi connectivity index (χ0) is 16.1. The number of halogens is 3. The van der Waals surface area contributed by atoms with Crippen molar-refractivity contribution in [2.45, 2.75) is 6.10 Å². The van der Waals surface area contributed by atoms with Crippen LogP contribution in [0, 0.1) is 11.6 Å². The highest BCUT2D eigenvalue weighted by Crippen LogP contribution is 2.20. The van der Waals surface area contributed by atoms with Crippen molar-refractivity contribution in [3.05, 3.63) is 64.7 Å². The van der Waals surface area contributed by atoms with E-state index in [-0.39, 0.29) is 12.1 Å². The summed E-state index contributed by atoms with van der Waals surface area (Å²) in [6.45, 7) is -0.237. The number of benzene rings is 2. The van der Waals surface area contributed by atoms with Gasteiger partial charge in [-0.3, -0.25) is 0 Å². The van der Waals surface area contributed by atoms with Crippen LogP contribution < -0.4 is 10.6 Å². The minimum absolute atomic E-state index is 0.0977. The highest BCUT2D eigenvalue weighted by molar-refractivity contribution is 6.33. The predicted octanol–water partition coefficient (Wildman–Crippen LogP) is 3.47. The van der Waals surface area contributed by atoms with Gasteiger partial charge in [0.2, 0.25) is 0 Å². The van der Waals surface area contributed by atoms with Crippen LogP contribution in [0.1, 0.15) is 11.7 Å². The van der Waals surface area contributed by atoms with Crippen LogP contribution >= 0.6 is 11.6 Å². The normalized spacial score (nSPS) is 11.8. The van der Waals surface area contributed by atoms with Crippen molar-refractivity contribution in [3.8, 4) is 0 Å². The quantitative estimate of drug-likeness (QED) is 0.805. The maximum atomic E-state index is 13.5. The first-order valence-electron chi connectivity index (χ1n) is 6.40. The molecule has 116 valence electrons. The lowest BCUT2D eigenvalue weighted by Crippen LogP contribution is -2.32. The highest BCUT2D eigenvalue weighted by atomic mass is 35.5.